The van der Waals surface area contributed by atoms with Gasteiger partial charge in [-0.15, -0.1) is 22.7 Å². The van der Waals surface area contributed by atoms with Crippen LogP contribution >= 0.6 is 22.7 Å². The molecule has 0 aliphatic heterocycles. The minimum atomic E-state index is 0.716. The van der Waals surface area contributed by atoms with Gasteiger partial charge in [-0.05, 0) is 23.6 Å². The molecule has 0 aliphatic carbocycles. The molecule has 0 aliphatic rings. The van der Waals surface area contributed by atoms with Crippen molar-refractivity contribution in [2.75, 3.05) is 0 Å². The summed E-state index contributed by atoms with van der Waals surface area (Å²) < 4.78 is 3.79. The maximum Gasteiger partial charge on any atom is 0.160 e. The molecule has 10 rings (SSSR count). The highest BCUT2D eigenvalue weighted by molar-refractivity contribution is 7.26. The molecule has 0 N–H and O–H groups in total. The van der Waals surface area contributed by atoms with E-state index in [2.05, 4.69) is 133 Å². The molecule has 48 heavy (non-hydrogen) atoms. The van der Waals surface area contributed by atoms with E-state index in [1.807, 2.05) is 29.5 Å². The molecule has 5 heteroatoms. The first kappa shape index (κ1) is 27.4. The summed E-state index contributed by atoms with van der Waals surface area (Å²) in [4.78, 5) is 16.6. The number of rotatable bonds is 4. The molecule has 0 bridgehead atoms. The van der Waals surface area contributed by atoms with Crippen LogP contribution in [-0.4, -0.2) is 15.0 Å². The predicted molar refractivity (Wildman–Crippen MR) is 205 cm³/mol. The lowest BCUT2D eigenvalue weighted by Gasteiger charge is -2.11. The minimum absolute atomic E-state index is 0.716. The van der Waals surface area contributed by atoms with E-state index in [9.17, 15) is 0 Å². The van der Waals surface area contributed by atoms with Gasteiger partial charge in [0.1, 0.15) is 4.83 Å². The lowest BCUT2D eigenvalue weighted by molar-refractivity contribution is 1.19. The molecule has 6 aromatic carbocycles. The second-order valence-electron chi connectivity index (χ2n) is 12.0. The van der Waals surface area contributed by atoms with Crippen molar-refractivity contribution in [3.63, 3.8) is 0 Å². The Morgan fingerprint density at radius 2 is 1.02 bits per heavy atom. The minimum Gasteiger partial charge on any atom is -0.236 e. The van der Waals surface area contributed by atoms with Crippen LogP contribution in [0.4, 0.5) is 0 Å². The van der Waals surface area contributed by atoms with E-state index >= 15 is 0 Å². The van der Waals surface area contributed by atoms with Crippen molar-refractivity contribution in [1.29, 1.82) is 0 Å². The van der Waals surface area contributed by atoms with Crippen LogP contribution in [0.25, 0.3) is 96.4 Å². The van der Waals surface area contributed by atoms with Crippen LogP contribution in [0.3, 0.4) is 0 Å². The molecule has 0 atom stereocenters. The maximum atomic E-state index is 5.26. The fourth-order valence-corrected chi connectivity index (χ4v) is 9.18. The summed E-state index contributed by atoms with van der Waals surface area (Å²) in [5.74, 6) is 0.716. The average Bonchev–Trinajstić information content (AvgIpc) is 3.73. The van der Waals surface area contributed by atoms with Gasteiger partial charge in [0.05, 0.1) is 17.1 Å². The molecular weight excluding hydrogens is 623 g/mol. The van der Waals surface area contributed by atoms with Crippen molar-refractivity contribution in [2.24, 2.45) is 0 Å². The van der Waals surface area contributed by atoms with Gasteiger partial charge in [-0.1, -0.05) is 133 Å². The van der Waals surface area contributed by atoms with Crippen LogP contribution < -0.4 is 0 Å². The molecule has 0 unspecified atom stereocenters. The molecule has 0 saturated heterocycles. The third-order valence-electron chi connectivity index (χ3n) is 9.13. The highest BCUT2D eigenvalue weighted by Crippen LogP contribution is 2.42. The summed E-state index contributed by atoms with van der Waals surface area (Å²) in [6.45, 7) is 0. The van der Waals surface area contributed by atoms with Gasteiger partial charge in [-0.25, -0.2) is 15.0 Å². The third kappa shape index (κ3) is 4.36. The highest BCUT2D eigenvalue weighted by Gasteiger charge is 2.17. The van der Waals surface area contributed by atoms with Crippen LogP contribution in [0.1, 0.15) is 0 Å². The number of hydrogen-bond acceptors (Lipinski definition) is 5. The monoisotopic (exact) mass is 647 g/mol. The fraction of sp³-hybridized carbons (Fsp3) is 0. The van der Waals surface area contributed by atoms with Gasteiger partial charge in [0.15, 0.2) is 5.82 Å². The van der Waals surface area contributed by atoms with E-state index in [0.717, 1.165) is 49.6 Å². The van der Waals surface area contributed by atoms with E-state index in [1.54, 1.807) is 11.3 Å². The number of aromatic nitrogens is 3. The number of hydrogen-bond donors (Lipinski definition) is 0. The van der Waals surface area contributed by atoms with E-state index in [4.69, 9.17) is 15.0 Å². The van der Waals surface area contributed by atoms with Crippen LogP contribution in [0.2, 0.25) is 0 Å². The molecular formula is C43H25N3S2. The molecule has 0 saturated carbocycles. The smallest absolute Gasteiger partial charge is 0.160 e. The SMILES string of the molecule is c1ccc(-c2nc(-c3ccc(-c4nc5sc6ccccc6c5c5ccccc45)cc3)cc(-c3cccc4c3sc3ccccc34)n2)cc1. The number of nitrogens with zero attached hydrogens (tertiary/aromatic N) is 3. The zero-order chi connectivity index (χ0) is 31.6. The summed E-state index contributed by atoms with van der Waals surface area (Å²) in [5, 5.41) is 7.44. The Morgan fingerprint density at radius 1 is 0.396 bits per heavy atom. The zero-order valence-corrected chi connectivity index (χ0v) is 27.2. The first-order chi connectivity index (χ1) is 23.8. The Balaban J connectivity index is 1.13. The number of thiophene rings is 2. The van der Waals surface area contributed by atoms with Crippen LogP contribution in [0.15, 0.2) is 152 Å². The Kier molecular flexibility index (Phi) is 6.22. The van der Waals surface area contributed by atoms with Gasteiger partial charge in [-0.2, -0.15) is 0 Å². The molecule has 3 nitrogen and oxygen atoms in total. The van der Waals surface area contributed by atoms with Gasteiger partial charge in [0.25, 0.3) is 0 Å². The Morgan fingerprint density at radius 3 is 1.83 bits per heavy atom. The van der Waals surface area contributed by atoms with E-state index in [1.165, 1.54) is 41.0 Å². The predicted octanol–water partition coefficient (Wildman–Crippen LogP) is 12.4. The first-order valence-corrected chi connectivity index (χ1v) is 17.6. The molecule has 4 heterocycles. The second-order valence-corrected chi connectivity index (χ2v) is 14.1. The second kappa shape index (κ2) is 10.9. The standard InChI is InChI=1S/C43H25N3S2/c1-2-11-28(12-3-1)42-44-35(25-36(45-42)33-18-10-17-32-29-13-6-8-19-37(29)47-41(32)33)26-21-23-27(24-22-26)40-31-15-5-4-14-30(31)39-34-16-7-9-20-38(34)48-43(39)46-40/h1-25H. The van der Waals surface area contributed by atoms with Crippen LogP contribution in [0, 0.1) is 0 Å². The van der Waals surface area contributed by atoms with Gasteiger partial charge >= 0.3 is 0 Å². The topological polar surface area (TPSA) is 38.7 Å². The Hall–Kier alpha value is -5.75. The molecule has 0 fully saturated rings. The number of pyridine rings is 1. The Labute approximate surface area is 284 Å². The van der Waals surface area contributed by atoms with Crippen molar-refractivity contribution in [3.8, 4) is 45.2 Å². The Bertz CT molecular complexity index is 2830. The van der Waals surface area contributed by atoms with Gasteiger partial charge in [0, 0.05) is 63.3 Å². The molecule has 0 spiro atoms. The summed E-state index contributed by atoms with van der Waals surface area (Å²) in [5.41, 5.74) is 7.05. The molecule has 0 amide bonds. The first-order valence-electron chi connectivity index (χ1n) is 15.9. The maximum absolute atomic E-state index is 5.26. The lowest BCUT2D eigenvalue weighted by atomic mass is 9.99. The van der Waals surface area contributed by atoms with Gasteiger partial charge in [-0.3, -0.25) is 0 Å². The van der Waals surface area contributed by atoms with E-state index < -0.39 is 0 Å². The quantitative estimate of drug-likeness (QED) is 0.191. The molecule has 4 aromatic heterocycles. The van der Waals surface area contributed by atoms with Crippen molar-refractivity contribution >= 4 is 73.9 Å². The zero-order valence-electron chi connectivity index (χ0n) is 25.6. The van der Waals surface area contributed by atoms with E-state index in [0.29, 0.717) is 5.82 Å². The van der Waals surface area contributed by atoms with Crippen LogP contribution in [-0.2, 0) is 0 Å². The molecule has 10 aromatic rings. The lowest BCUT2D eigenvalue weighted by Crippen LogP contribution is -1.96. The molecule has 224 valence electrons. The van der Waals surface area contributed by atoms with E-state index in [-0.39, 0.29) is 0 Å². The van der Waals surface area contributed by atoms with Crippen molar-refractivity contribution in [2.45, 2.75) is 0 Å². The number of benzene rings is 6. The fourth-order valence-electron chi connectivity index (χ4n) is 6.86. The van der Waals surface area contributed by atoms with Crippen LogP contribution in [0.5, 0.6) is 0 Å². The molecule has 0 radical (unpaired) electrons. The largest absolute Gasteiger partial charge is 0.236 e. The van der Waals surface area contributed by atoms with Crippen molar-refractivity contribution < 1.29 is 0 Å². The highest BCUT2D eigenvalue weighted by atomic mass is 32.1. The summed E-state index contributed by atoms with van der Waals surface area (Å²) in [6.07, 6.45) is 0. The van der Waals surface area contributed by atoms with Crippen molar-refractivity contribution in [1.82, 2.24) is 15.0 Å². The summed E-state index contributed by atoms with van der Waals surface area (Å²) in [7, 11) is 0. The third-order valence-corrected chi connectivity index (χ3v) is 11.4. The normalized spacial score (nSPS) is 11.8. The summed E-state index contributed by atoms with van der Waals surface area (Å²) >= 11 is 3.58. The van der Waals surface area contributed by atoms with Crippen molar-refractivity contribution in [3.05, 3.63) is 152 Å². The number of fused-ring (bicyclic) bond motifs is 8. The van der Waals surface area contributed by atoms with Gasteiger partial charge in [0.2, 0.25) is 0 Å². The average molecular weight is 648 g/mol. The van der Waals surface area contributed by atoms with Gasteiger partial charge < -0.3 is 0 Å². The summed E-state index contributed by atoms with van der Waals surface area (Å²) in [6, 6.07) is 53.5.